The van der Waals surface area contributed by atoms with E-state index in [1.165, 1.54) is 24.5 Å². The van der Waals surface area contributed by atoms with E-state index in [1.807, 2.05) is 30.3 Å². The van der Waals surface area contributed by atoms with Crippen LogP contribution in [0.3, 0.4) is 0 Å². The number of aromatic amines is 1. The number of likely N-dealkylation sites (N-methyl/N-ethyl adjacent to an activating group) is 1. The first-order valence-electron chi connectivity index (χ1n) is 15.7. The lowest BCUT2D eigenvalue weighted by molar-refractivity contribution is 0.145. The van der Waals surface area contributed by atoms with Gasteiger partial charge in [-0.1, -0.05) is 47.7 Å². The molecule has 12 nitrogen and oxygen atoms in total. The molecule has 15 heteroatoms. The van der Waals surface area contributed by atoms with Gasteiger partial charge in [-0.3, -0.25) is 9.82 Å². The van der Waals surface area contributed by atoms with Crippen molar-refractivity contribution >= 4 is 26.7 Å². The van der Waals surface area contributed by atoms with Crippen molar-refractivity contribution in [3.8, 4) is 34.0 Å². The first-order valence-corrected chi connectivity index (χ1v) is 17.2. The number of rotatable bonds is 11. The third kappa shape index (κ3) is 6.99. The quantitative estimate of drug-likeness (QED) is 0.182. The number of anilines is 1. The number of sulfonamides is 1. The number of ether oxygens (including phenoxy) is 1. The van der Waals surface area contributed by atoms with E-state index in [9.17, 15) is 8.42 Å². The Bertz CT molecular complexity index is 2200. The molecule has 252 valence electrons. The van der Waals surface area contributed by atoms with Crippen LogP contribution in [-0.4, -0.2) is 94.8 Å². The van der Waals surface area contributed by atoms with Gasteiger partial charge in [-0.15, -0.1) is 10.2 Å². The van der Waals surface area contributed by atoms with E-state index in [-0.39, 0.29) is 10.6 Å². The molecule has 1 aliphatic rings. The molecule has 0 atom stereocenters. The topological polar surface area (TPSA) is 134 Å². The molecule has 0 amide bonds. The molecule has 0 saturated carbocycles. The molecule has 1 aliphatic heterocycles. The highest BCUT2D eigenvalue weighted by Gasteiger charge is 2.23. The maximum Gasteiger partial charge on any atom is 0.262 e. The zero-order valence-corrected chi connectivity index (χ0v) is 27.4. The first kappa shape index (κ1) is 32.3. The molecule has 6 aromatic rings. The molecular weight excluding hydrogens is 652 g/mol. The van der Waals surface area contributed by atoms with Crippen molar-refractivity contribution in [2.75, 3.05) is 51.1 Å². The minimum atomic E-state index is -4.24. The van der Waals surface area contributed by atoms with Crippen LogP contribution < -0.4 is 9.46 Å². The van der Waals surface area contributed by atoms with Gasteiger partial charge < -0.3 is 14.5 Å². The molecule has 3 aromatic heterocycles. The number of nitrogens with zero attached hydrogens (tertiary/aromatic N) is 7. The summed E-state index contributed by atoms with van der Waals surface area (Å²) in [6.45, 7) is 5.58. The number of benzene rings is 3. The van der Waals surface area contributed by atoms with E-state index in [0.717, 1.165) is 61.5 Å². The van der Waals surface area contributed by atoms with E-state index >= 15 is 8.78 Å². The second-order valence-electron chi connectivity index (χ2n) is 11.8. The monoisotopic (exact) mass is 685 g/mol. The van der Waals surface area contributed by atoms with Gasteiger partial charge in [-0.2, -0.15) is 0 Å². The molecule has 2 N–H and O–H groups in total. The number of piperazine rings is 1. The number of pyridine rings is 1. The molecule has 3 aromatic carbocycles. The number of H-pyrrole nitrogens is 1. The molecule has 7 rings (SSSR count). The van der Waals surface area contributed by atoms with Gasteiger partial charge in [0.15, 0.2) is 17.3 Å². The summed E-state index contributed by atoms with van der Waals surface area (Å²) in [6, 6.07) is 19.3. The summed E-state index contributed by atoms with van der Waals surface area (Å²) in [5.74, 6) is -1.73. The van der Waals surface area contributed by atoms with Crippen molar-refractivity contribution in [3.05, 3.63) is 96.8 Å². The number of nitrogens with one attached hydrogen (secondary N) is 2. The minimum Gasteiger partial charge on any atom is -0.476 e. The summed E-state index contributed by atoms with van der Waals surface area (Å²) in [6.07, 6.45) is 3.71. The zero-order valence-electron chi connectivity index (χ0n) is 26.6. The fourth-order valence-electron chi connectivity index (χ4n) is 5.67. The number of hydrogen-bond acceptors (Lipinski definition) is 9. The van der Waals surface area contributed by atoms with Gasteiger partial charge in [0.2, 0.25) is 5.88 Å². The van der Waals surface area contributed by atoms with Gasteiger partial charge in [0.05, 0.1) is 28.8 Å². The number of aromatic nitrogens is 6. The highest BCUT2D eigenvalue weighted by atomic mass is 32.2. The van der Waals surface area contributed by atoms with Gasteiger partial charge in [-0.25, -0.2) is 26.9 Å². The van der Waals surface area contributed by atoms with Crippen molar-refractivity contribution in [1.29, 1.82) is 0 Å². The normalized spacial score (nSPS) is 14.3. The highest BCUT2D eigenvalue weighted by Crippen LogP contribution is 2.30. The fourth-order valence-corrected chi connectivity index (χ4v) is 6.78. The average molecular weight is 686 g/mol. The van der Waals surface area contributed by atoms with Gasteiger partial charge in [-0.05, 0) is 54.9 Å². The van der Waals surface area contributed by atoms with Crippen LogP contribution in [0.1, 0.15) is 6.42 Å². The summed E-state index contributed by atoms with van der Waals surface area (Å²) in [5.41, 5.74) is 1.74. The lowest BCUT2D eigenvalue weighted by Crippen LogP contribution is -2.44. The van der Waals surface area contributed by atoms with E-state index in [4.69, 9.17) is 4.74 Å². The summed E-state index contributed by atoms with van der Waals surface area (Å²) in [5, 5.41) is 15.8. The average Bonchev–Trinajstić information content (AvgIpc) is 3.77. The molecule has 0 unspecified atom stereocenters. The van der Waals surface area contributed by atoms with Crippen LogP contribution in [0, 0.1) is 11.6 Å². The third-order valence-electron chi connectivity index (χ3n) is 8.42. The van der Waals surface area contributed by atoms with Crippen LogP contribution in [0.4, 0.5) is 14.5 Å². The molecule has 0 spiro atoms. The van der Waals surface area contributed by atoms with Crippen LogP contribution in [0.25, 0.3) is 39.1 Å². The fraction of sp³-hybridized carbons (Fsp3) is 0.235. The van der Waals surface area contributed by atoms with Gasteiger partial charge in [0.1, 0.15) is 11.4 Å². The summed E-state index contributed by atoms with van der Waals surface area (Å²) >= 11 is 0. The van der Waals surface area contributed by atoms with Crippen LogP contribution in [0.15, 0.2) is 90.1 Å². The second kappa shape index (κ2) is 13.7. The van der Waals surface area contributed by atoms with Gasteiger partial charge >= 0.3 is 0 Å². The SMILES string of the molecule is CN1CCN(CCCOc2n[nH]c3ncc(-c4cn(-c5c(F)ccc(NS(=O)(=O)c6cccc(-c7ccccc7)c6)c5F)nn4)cc23)CC1. The Kier molecular flexibility index (Phi) is 9.03. The summed E-state index contributed by atoms with van der Waals surface area (Å²) in [7, 11) is -2.12. The van der Waals surface area contributed by atoms with Crippen molar-refractivity contribution in [3.63, 3.8) is 0 Å². The predicted octanol–water partition coefficient (Wildman–Crippen LogP) is 4.97. The Morgan fingerprint density at radius 1 is 0.939 bits per heavy atom. The van der Waals surface area contributed by atoms with E-state index in [0.29, 0.717) is 34.6 Å². The molecule has 1 saturated heterocycles. The van der Waals surface area contributed by atoms with Gasteiger partial charge in [0.25, 0.3) is 10.0 Å². The molecular formula is C34H33F2N9O3S. The van der Waals surface area contributed by atoms with Crippen LogP contribution >= 0.6 is 0 Å². The summed E-state index contributed by atoms with van der Waals surface area (Å²) < 4.78 is 66.6. The molecule has 0 radical (unpaired) electrons. The maximum atomic E-state index is 15.8. The van der Waals surface area contributed by atoms with E-state index in [1.54, 1.807) is 18.2 Å². The molecule has 4 heterocycles. The minimum absolute atomic E-state index is 0.0808. The maximum absolute atomic E-state index is 15.8. The van der Waals surface area contributed by atoms with Crippen molar-refractivity contribution < 1.29 is 21.9 Å². The van der Waals surface area contributed by atoms with Gasteiger partial charge in [0, 0.05) is 44.5 Å². The van der Waals surface area contributed by atoms with E-state index < -0.39 is 33.0 Å². The second-order valence-corrected chi connectivity index (χ2v) is 13.5. The Morgan fingerprint density at radius 2 is 1.73 bits per heavy atom. The number of hydrogen-bond donors (Lipinski definition) is 2. The van der Waals surface area contributed by atoms with Crippen molar-refractivity contribution in [2.24, 2.45) is 0 Å². The largest absolute Gasteiger partial charge is 0.476 e. The van der Waals surface area contributed by atoms with Crippen LogP contribution in [-0.2, 0) is 10.0 Å². The lowest BCUT2D eigenvalue weighted by atomic mass is 10.1. The highest BCUT2D eigenvalue weighted by molar-refractivity contribution is 7.92. The third-order valence-corrected chi connectivity index (χ3v) is 9.78. The Hall–Kier alpha value is -5.25. The summed E-state index contributed by atoms with van der Waals surface area (Å²) in [4.78, 5) is 9.05. The standard InChI is InChI=1S/C34H33F2N9O3S/c1-43-14-16-44(17-15-43)13-6-18-48-34-27-20-25(21-37-33(27)39-40-34)30-22-45(42-38-30)32-28(35)11-12-29(31(32)36)41-49(46,47)26-10-5-9-24(19-26)23-7-3-2-4-8-23/h2-5,7-12,19-22,41H,6,13-18H2,1H3,(H,37,39,40). The smallest absolute Gasteiger partial charge is 0.262 e. The Labute approximate surface area is 281 Å². The van der Waals surface area contributed by atoms with E-state index in [2.05, 4.69) is 47.1 Å². The van der Waals surface area contributed by atoms with Crippen molar-refractivity contribution in [1.82, 2.24) is 40.0 Å². The Balaban J connectivity index is 1.08. The van der Waals surface area contributed by atoms with Crippen LogP contribution in [0.2, 0.25) is 0 Å². The molecule has 1 fully saturated rings. The number of halogens is 2. The van der Waals surface area contributed by atoms with Crippen molar-refractivity contribution in [2.45, 2.75) is 11.3 Å². The molecule has 0 aliphatic carbocycles. The first-order chi connectivity index (χ1) is 23.7. The molecule has 49 heavy (non-hydrogen) atoms. The molecule has 0 bridgehead atoms. The Morgan fingerprint density at radius 3 is 2.55 bits per heavy atom. The number of fused-ring (bicyclic) bond motifs is 1. The lowest BCUT2D eigenvalue weighted by Gasteiger charge is -2.32. The van der Waals surface area contributed by atoms with Crippen LogP contribution in [0.5, 0.6) is 5.88 Å². The predicted molar refractivity (Wildman–Crippen MR) is 181 cm³/mol. The zero-order chi connectivity index (χ0) is 34.0.